The first-order chi connectivity index (χ1) is 8.95. The fraction of sp³-hybridized carbons (Fsp3) is 0.571. The van der Waals surface area contributed by atoms with Crippen molar-refractivity contribution in [3.05, 3.63) is 24.3 Å². The molecule has 0 aromatic heterocycles. The van der Waals surface area contributed by atoms with Crippen LogP contribution in [-0.4, -0.2) is 32.4 Å². The van der Waals surface area contributed by atoms with E-state index in [2.05, 4.69) is 5.32 Å². The molecule has 2 rings (SSSR count). The molecule has 2 N–H and O–H groups in total. The molecule has 0 amide bonds. The Hall–Kier alpha value is -1.07. The Balaban J connectivity index is 1.89. The van der Waals surface area contributed by atoms with Gasteiger partial charge in [-0.3, -0.25) is 0 Å². The van der Waals surface area contributed by atoms with Crippen LogP contribution in [0.4, 0.5) is 5.69 Å². The highest BCUT2D eigenvalue weighted by Crippen LogP contribution is 2.24. The molecule has 5 heteroatoms. The van der Waals surface area contributed by atoms with E-state index in [-0.39, 0.29) is 6.10 Å². The summed E-state index contributed by atoms with van der Waals surface area (Å²) < 4.78 is 22.7. The summed E-state index contributed by atoms with van der Waals surface area (Å²) >= 11 is 0. The maximum atomic E-state index is 11.3. The van der Waals surface area contributed by atoms with Crippen LogP contribution in [0.25, 0.3) is 0 Å². The van der Waals surface area contributed by atoms with Crippen LogP contribution in [0, 0.1) is 5.92 Å². The molecule has 0 radical (unpaired) electrons. The highest BCUT2D eigenvalue weighted by Gasteiger charge is 2.19. The molecule has 1 aliphatic rings. The lowest BCUT2D eigenvalue weighted by atomic mass is 9.87. The fourth-order valence-electron chi connectivity index (χ4n) is 2.53. The third kappa shape index (κ3) is 4.21. The Kier molecular flexibility index (Phi) is 4.47. The quantitative estimate of drug-likeness (QED) is 0.887. The predicted octanol–water partition coefficient (Wildman–Crippen LogP) is 2.05. The summed E-state index contributed by atoms with van der Waals surface area (Å²) in [5.74, 6) is 0.498. The van der Waals surface area contributed by atoms with Gasteiger partial charge in [0.2, 0.25) is 0 Å². The highest BCUT2D eigenvalue weighted by atomic mass is 32.2. The van der Waals surface area contributed by atoms with Crippen molar-refractivity contribution in [3.63, 3.8) is 0 Å². The summed E-state index contributed by atoms with van der Waals surface area (Å²) in [7, 11) is -3.12. The average molecular weight is 283 g/mol. The number of hydrogen-bond donors (Lipinski definition) is 2. The summed E-state index contributed by atoms with van der Waals surface area (Å²) in [6.45, 7) is 0.829. The number of rotatable bonds is 4. The number of sulfone groups is 1. The lowest BCUT2D eigenvalue weighted by molar-refractivity contribution is 0.105. The van der Waals surface area contributed by atoms with Gasteiger partial charge in [0.15, 0.2) is 9.84 Å². The van der Waals surface area contributed by atoms with E-state index >= 15 is 0 Å². The topological polar surface area (TPSA) is 66.4 Å². The molecule has 4 nitrogen and oxygen atoms in total. The number of nitrogens with one attached hydrogen (secondary N) is 1. The van der Waals surface area contributed by atoms with Gasteiger partial charge in [-0.25, -0.2) is 8.42 Å². The van der Waals surface area contributed by atoms with Gasteiger partial charge < -0.3 is 10.4 Å². The first-order valence-corrected chi connectivity index (χ1v) is 8.56. The summed E-state index contributed by atoms with van der Waals surface area (Å²) in [6.07, 6.45) is 5.05. The minimum absolute atomic E-state index is 0.159. The lowest BCUT2D eigenvalue weighted by Crippen LogP contribution is -2.24. The van der Waals surface area contributed by atoms with Crippen LogP contribution in [0.3, 0.4) is 0 Å². The Morgan fingerprint density at radius 3 is 2.53 bits per heavy atom. The van der Waals surface area contributed by atoms with Crippen molar-refractivity contribution >= 4 is 15.5 Å². The SMILES string of the molecule is CS(=O)(=O)c1ccc(NCC2CCCC(O)C2)cc1. The molecule has 0 saturated heterocycles. The molecule has 1 aromatic rings. The molecule has 19 heavy (non-hydrogen) atoms. The number of aliphatic hydroxyl groups is 1. The monoisotopic (exact) mass is 283 g/mol. The van der Waals surface area contributed by atoms with E-state index < -0.39 is 9.84 Å². The lowest BCUT2D eigenvalue weighted by Gasteiger charge is -2.26. The van der Waals surface area contributed by atoms with E-state index in [0.717, 1.165) is 37.9 Å². The summed E-state index contributed by atoms with van der Waals surface area (Å²) in [6, 6.07) is 6.81. The van der Waals surface area contributed by atoms with Crippen molar-refractivity contribution in [1.29, 1.82) is 0 Å². The zero-order valence-corrected chi connectivity index (χ0v) is 12.0. The van der Waals surface area contributed by atoms with Gasteiger partial charge in [-0.05, 0) is 49.4 Å². The zero-order chi connectivity index (χ0) is 13.9. The smallest absolute Gasteiger partial charge is 0.175 e. The van der Waals surface area contributed by atoms with Crippen LogP contribution in [-0.2, 0) is 9.84 Å². The normalized spacial score (nSPS) is 24.1. The number of benzene rings is 1. The predicted molar refractivity (Wildman–Crippen MR) is 76.0 cm³/mol. The van der Waals surface area contributed by atoms with Crippen LogP contribution in [0.1, 0.15) is 25.7 Å². The first-order valence-electron chi connectivity index (χ1n) is 6.67. The zero-order valence-electron chi connectivity index (χ0n) is 11.2. The Labute approximate surface area is 114 Å². The molecule has 0 aliphatic heterocycles. The Morgan fingerprint density at radius 2 is 1.95 bits per heavy atom. The van der Waals surface area contributed by atoms with Crippen LogP contribution in [0.15, 0.2) is 29.2 Å². The summed E-state index contributed by atoms with van der Waals surface area (Å²) in [5, 5.41) is 12.9. The van der Waals surface area contributed by atoms with E-state index in [1.54, 1.807) is 24.3 Å². The van der Waals surface area contributed by atoms with E-state index in [4.69, 9.17) is 0 Å². The maximum Gasteiger partial charge on any atom is 0.175 e. The van der Waals surface area contributed by atoms with Gasteiger partial charge in [-0.2, -0.15) is 0 Å². The molecule has 1 aliphatic carbocycles. The molecule has 106 valence electrons. The minimum atomic E-state index is -3.12. The molecular weight excluding hydrogens is 262 g/mol. The molecule has 2 atom stereocenters. The summed E-state index contributed by atoms with van der Waals surface area (Å²) in [4.78, 5) is 0.339. The molecule has 1 saturated carbocycles. The van der Waals surface area contributed by atoms with Crippen molar-refractivity contribution in [2.75, 3.05) is 18.1 Å². The number of aliphatic hydroxyl groups excluding tert-OH is 1. The highest BCUT2D eigenvalue weighted by molar-refractivity contribution is 7.90. The average Bonchev–Trinajstić information content (AvgIpc) is 2.36. The van der Waals surface area contributed by atoms with Crippen LogP contribution in [0.5, 0.6) is 0 Å². The van der Waals surface area contributed by atoms with Gasteiger partial charge >= 0.3 is 0 Å². The van der Waals surface area contributed by atoms with Crippen molar-refractivity contribution < 1.29 is 13.5 Å². The maximum absolute atomic E-state index is 11.3. The van der Waals surface area contributed by atoms with E-state index in [9.17, 15) is 13.5 Å². The van der Waals surface area contributed by atoms with Gasteiger partial charge in [-0.15, -0.1) is 0 Å². The van der Waals surface area contributed by atoms with Gasteiger partial charge in [0.25, 0.3) is 0 Å². The molecule has 0 spiro atoms. The minimum Gasteiger partial charge on any atom is -0.393 e. The van der Waals surface area contributed by atoms with Crippen LogP contribution in [0.2, 0.25) is 0 Å². The van der Waals surface area contributed by atoms with Crippen molar-refractivity contribution in [3.8, 4) is 0 Å². The molecule has 0 bridgehead atoms. The van der Waals surface area contributed by atoms with Crippen molar-refractivity contribution in [2.45, 2.75) is 36.7 Å². The van der Waals surface area contributed by atoms with Crippen LogP contribution >= 0.6 is 0 Å². The molecule has 1 aromatic carbocycles. The van der Waals surface area contributed by atoms with E-state index in [1.165, 1.54) is 6.26 Å². The molecule has 1 fully saturated rings. The molecule has 0 heterocycles. The van der Waals surface area contributed by atoms with Gasteiger partial charge in [0.05, 0.1) is 11.0 Å². The number of anilines is 1. The van der Waals surface area contributed by atoms with Gasteiger partial charge in [0.1, 0.15) is 0 Å². The largest absolute Gasteiger partial charge is 0.393 e. The Bertz CT molecular complexity index is 510. The second kappa shape index (κ2) is 5.92. The number of hydrogen-bond acceptors (Lipinski definition) is 4. The Morgan fingerprint density at radius 1 is 1.26 bits per heavy atom. The second-order valence-electron chi connectivity index (χ2n) is 5.36. The molecular formula is C14H21NO3S. The van der Waals surface area contributed by atoms with Crippen LogP contribution < -0.4 is 5.32 Å². The second-order valence-corrected chi connectivity index (χ2v) is 7.38. The van der Waals surface area contributed by atoms with E-state index in [1.807, 2.05) is 0 Å². The van der Waals surface area contributed by atoms with E-state index in [0.29, 0.717) is 10.8 Å². The third-order valence-corrected chi connectivity index (χ3v) is 4.76. The summed E-state index contributed by atoms with van der Waals surface area (Å²) in [5.41, 5.74) is 0.924. The van der Waals surface area contributed by atoms with Gasteiger partial charge in [-0.1, -0.05) is 6.42 Å². The van der Waals surface area contributed by atoms with Gasteiger partial charge in [0, 0.05) is 18.5 Å². The van der Waals surface area contributed by atoms with Crippen molar-refractivity contribution in [1.82, 2.24) is 0 Å². The standard InChI is InChI=1S/C14H21NO3S/c1-19(17,18)14-7-5-12(6-8-14)15-10-11-3-2-4-13(16)9-11/h5-8,11,13,15-16H,2-4,9-10H2,1H3. The first kappa shape index (κ1) is 14.3. The van der Waals surface area contributed by atoms with Crippen molar-refractivity contribution in [2.24, 2.45) is 5.92 Å². The third-order valence-electron chi connectivity index (χ3n) is 3.63. The molecule has 2 unspecified atom stereocenters. The fourth-order valence-corrected chi connectivity index (χ4v) is 3.16.